The summed E-state index contributed by atoms with van der Waals surface area (Å²) in [5.74, 6) is -9.10. The molecule has 2 unspecified atom stereocenters. The molecule has 1 aliphatic carbocycles. The van der Waals surface area contributed by atoms with Crippen molar-refractivity contribution >= 4 is 5.97 Å². The van der Waals surface area contributed by atoms with E-state index in [-0.39, 0.29) is 12.8 Å². The van der Waals surface area contributed by atoms with Crippen molar-refractivity contribution in [3.05, 3.63) is 0 Å². The molecule has 0 aromatic heterocycles. The highest BCUT2D eigenvalue weighted by Crippen LogP contribution is 2.58. The third kappa shape index (κ3) is 7.88. The van der Waals surface area contributed by atoms with Crippen LogP contribution in [0.5, 0.6) is 0 Å². The van der Waals surface area contributed by atoms with Crippen LogP contribution >= 0.6 is 0 Å². The summed E-state index contributed by atoms with van der Waals surface area (Å²) >= 11 is 0. The van der Waals surface area contributed by atoms with Crippen molar-refractivity contribution in [2.75, 3.05) is 0 Å². The molecule has 16 heteroatoms. The van der Waals surface area contributed by atoms with Gasteiger partial charge in [-0.15, -0.1) is 0 Å². The van der Waals surface area contributed by atoms with Crippen molar-refractivity contribution in [1.29, 1.82) is 0 Å². The lowest BCUT2D eigenvalue weighted by Crippen LogP contribution is -2.67. The van der Waals surface area contributed by atoms with E-state index in [1.807, 2.05) is 0 Å². The molecule has 0 heterocycles. The number of carbonyl (C=O) groups excluding carboxylic acids is 1. The first-order valence-corrected chi connectivity index (χ1v) is 12.2. The van der Waals surface area contributed by atoms with Gasteiger partial charge in [0.05, 0.1) is 5.92 Å². The summed E-state index contributed by atoms with van der Waals surface area (Å²) in [5.41, 5.74) is -12.7. The number of hydrogen-bond acceptors (Lipinski definition) is 4. The largest absolute Gasteiger partial charge is 0.462 e. The summed E-state index contributed by atoms with van der Waals surface area (Å²) < 4.78 is 168. The Kier molecular flexibility index (Phi) is 10.1. The van der Waals surface area contributed by atoms with Crippen LogP contribution in [0.15, 0.2) is 0 Å². The van der Waals surface area contributed by atoms with Crippen molar-refractivity contribution in [1.82, 2.24) is 0 Å². The van der Waals surface area contributed by atoms with Crippen molar-refractivity contribution in [2.45, 2.75) is 116 Å². The van der Waals surface area contributed by atoms with Gasteiger partial charge in [0, 0.05) is 11.8 Å². The fourth-order valence-corrected chi connectivity index (χ4v) is 5.27. The average Bonchev–Trinajstić information content (AvgIpc) is 2.66. The molecule has 0 aliphatic heterocycles. The Morgan fingerprint density at radius 2 is 0.900 bits per heavy atom. The lowest BCUT2D eigenvalue weighted by Gasteiger charge is -2.48. The Bertz CT molecular complexity index is 785. The third-order valence-corrected chi connectivity index (χ3v) is 6.91. The number of hydrogen-bond donors (Lipinski definition) is 2. The normalized spacial score (nSPS) is 23.0. The fourth-order valence-electron chi connectivity index (χ4n) is 5.27. The molecular formula is C24H34F12O4. The first-order valence-electron chi connectivity index (χ1n) is 12.2. The molecule has 0 amide bonds. The second-order valence-corrected chi connectivity index (χ2v) is 12.9. The quantitative estimate of drug-likeness (QED) is 0.240. The van der Waals surface area contributed by atoms with Gasteiger partial charge >= 0.3 is 30.7 Å². The number of aliphatic hydroxyl groups is 2. The van der Waals surface area contributed by atoms with Crippen molar-refractivity contribution in [3.63, 3.8) is 0 Å². The van der Waals surface area contributed by atoms with Gasteiger partial charge in [-0.05, 0) is 42.9 Å². The molecule has 0 saturated heterocycles. The van der Waals surface area contributed by atoms with Gasteiger partial charge in [0.1, 0.15) is 6.10 Å². The summed E-state index contributed by atoms with van der Waals surface area (Å²) in [4.78, 5) is 13.0. The minimum atomic E-state index is -6.60. The van der Waals surface area contributed by atoms with E-state index in [4.69, 9.17) is 4.74 Å². The maximum Gasteiger partial charge on any atom is 0.426 e. The van der Waals surface area contributed by atoms with Gasteiger partial charge < -0.3 is 14.9 Å². The average molecular weight is 615 g/mol. The summed E-state index contributed by atoms with van der Waals surface area (Å²) in [6, 6.07) is 0. The molecule has 0 bridgehead atoms. The minimum absolute atomic E-state index is 0.0484. The molecule has 0 spiro atoms. The molecule has 238 valence electrons. The molecule has 0 aromatic carbocycles. The number of carbonyl (C=O) groups is 1. The van der Waals surface area contributed by atoms with E-state index in [1.165, 1.54) is 0 Å². The first kappa shape index (κ1) is 36.6. The maximum absolute atomic E-state index is 13.6. The molecule has 1 aliphatic rings. The van der Waals surface area contributed by atoms with Crippen LogP contribution in [0.25, 0.3) is 0 Å². The van der Waals surface area contributed by atoms with Crippen LogP contribution in [0.4, 0.5) is 52.7 Å². The number of esters is 1. The second-order valence-electron chi connectivity index (χ2n) is 12.9. The zero-order valence-electron chi connectivity index (χ0n) is 22.6. The molecule has 2 N–H and O–H groups in total. The Morgan fingerprint density at radius 3 is 1.12 bits per heavy atom. The van der Waals surface area contributed by atoms with Gasteiger partial charge in [-0.25, -0.2) is 0 Å². The monoisotopic (exact) mass is 614 g/mol. The van der Waals surface area contributed by atoms with Crippen molar-refractivity contribution in [2.24, 2.45) is 28.6 Å². The summed E-state index contributed by atoms with van der Waals surface area (Å²) in [5, 5.41) is 19.7. The van der Waals surface area contributed by atoms with Gasteiger partial charge in [-0.3, -0.25) is 4.79 Å². The lowest BCUT2D eigenvalue weighted by molar-refractivity contribution is -0.405. The van der Waals surface area contributed by atoms with Gasteiger partial charge in [0.15, 0.2) is 0 Å². The fraction of sp³-hybridized carbons (Fsp3) is 0.958. The number of alkyl halides is 12. The Balaban J connectivity index is 3.70. The molecule has 0 radical (unpaired) electrons. The zero-order valence-corrected chi connectivity index (χ0v) is 22.6. The predicted molar refractivity (Wildman–Crippen MR) is 116 cm³/mol. The van der Waals surface area contributed by atoms with E-state index in [0.717, 1.165) is 0 Å². The molecule has 40 heavy (non-hydrogen) atoms. The topological polar surface area (TPSA) is 66.8 Å². The van der Waals surface area contributed by atoms with E-state index in [0.29, 0.717) is 0 Å². The molecule has 1 rings (SSSR count). The van der Waals surface area contributed by atoms with Gasteiger partial charge in [-0.2, -0.15) is 52.7 Å². The molecule has 1 fully saturated rings. The molecule has 0 aromatic rings. The van der Waals surface area contributed by atoms with Crippen LogP contribution in [0.3, 0.4) is 0 Å². The van der Waals surface area contributed by atoms with Gasteiger partial charge in [0.2, 0.25) is 0 Å². The molecule has 2 atom stereocenters. The Morgan fingerprint density at radius 1 is 0.625 bits per heavy atom. The number of ether oxygens (including phenoxy) is 1. The second kappa shape index (κ2) is 11.0. The van der Waals surface area contributed by atoms with Crippen LogP contribution in [-0.2, 0) is 9.53 Å². The van der Waals surface area contributed by atoms with Crippen LogP contribution < -0.4 is 0 Å². The highest BCUT2D eigenvalue weighted by Gasteiger charge is 2.78. The van der Waals surface area contributed by atoms with E-state index in [1.54, 1.807) is 41.5 Å². The maximum atomic E-state index is 13.6. The van der Waals surface area contributed by atoms with E-state index < -0.39 is 95.8 Å². The Labute approximate surface area is 223 Å². The van der Waals surface area contributed by atoms with Gasteiger partial charge in [0.25, 0.3) is 11.2 Å². The minimum Gasteiger partial charge on any atom is -0.462 e. The number of rotatable bonds is 6. The molecule has 1 saturated carbocycles. The highest BCUT2D eigenvalue weighted by atomic mass is 19.4. The van der Waals surface area contributed by atoms with Crippen LogP contribution in [-0.4, -0.2) is 58.2 Å². The third-order valence-electron chi connectivity index (χ3n) is 6.91. The molecular weight excluding hydrogens is 580 g/mol. The standard InChI is InChI=1S/C24H34F12O4/c1-17(2,3)10-12(11-18(4,5)6)16(37)40-15-8-13(19(38,21(25,26)27)22(28,29)30)7-14(9-15)20(39,23(31,32)33)24(34,35)36/h12-15,38-39H,7-11H2,1-6H3. The Hall–Kier alpha value is -1.45. The van der Waals surface area contributed by atoms with Crippen LogP contribution in [0.2, 0.25) is 0 Å². The first-order chi connectivity index (χ1) is 17.3. The summed E-state index contributed by atoms with van der Waals surface area (Å²) in [7, 11) is 0. The highest BCUT2D eigenvalue weighted by molar-refractivity contribution is 5.72. The summed E-state index contributed by atoms with van der Waals surface area (Å²) in [6.45, 7) is 10.1. The van der Waals surface area contributed by atoms with Crippen LogP contribution in [0.1, 0.15) is 73.6 Å². The zero-order chi connectivity index (χ0) is 32.1. The SMILES string of the molecule is CC(C)(C)CC(CC(C)(C)C)C(=O)OC1CC(C(O)(C(F)(F)F)C(F)(F)F)CC(C(O)(C(F)(F)F)C(F)(F)F)C1. The van der Waals surface area contributed by atoms with E-state index in [9.17, 15) is 67.7 Å². The predicted octanol–water partition coefficient (Wildman–Crippen LogP) is 7.51. The summed E-state index contributed by atoms with van der Waals surface area (Å²) in [6.07, 6.45) is -34.0. The number of halogens is 12. The smallest absolute Gasteiger partial charge is 0.426 e. The van der Waals surface area contributed by atoms with E-state index >= 15 is 0 Å². The van der Waals surface area contributed by atoms with E-state index in [2.05, 4.69) is 0 Å². The van der Waals surface area contributed by atoms with Crippen molar-refractivity contribution in [3.8, 4) is 0 Å². The van der Waals surface area contributed by atoms with Crippen molar-refractivity contribution < 1.29 is 72.4 Å². The molecule has 4 nitrogen and oxygen atoms in total. The van der Waals surface area contributed by atoms with Crippen LogP contribution in [0, 0.1) is 28.6 Å². The van der Waals surface area contributed by atoms with Gasteiger partial charge in [-0.1, -0.05) is 41.5 Å². The lowest BCUT2D eigenvalue weighted by atomic mass is 9.65.